The average Bonchev–Trinajstić information content (AvgIpc) is 3.03. The van der Waals surface area contributed by atoms with Gasteiger partial charge in [0.2, 0.25) is 5.88 Å². The van der Waals surface area contributed by atoms with Crippen LogP contribution >= 0.6 is 11.3 Å². The molecule has 1 aromatic carbocycles. The largest absolute Gasteiger partial charge is 0.467 e. The second-order valence-corrected chi connectivity index (χ2v) is 6.86. The fraction of sp³-hybridized carbons (Fsp3) is 0.278. The molecule has 0 aliphatic carbocycles. The number of carbonyl (C=O) groups is 1. The molecule has 2 aromatic heterocycles. The average molecular weight is 359 g/mol. The van der Waals surface area contributed by atoms with Crippen LogP contribution in [0.1, 0.15) is 13.8 Å². The topological polar surface area (TPSA) is 64.1 Å². The molecule has 3 rings (SSSR count). The van der Waals surface area contributed by atoms with E-state index in [1.54, 1.807) is 12.1 Å². The summed E-state index contributed by atoms with van der Waals surface area (Å²) in [5, 5.41) is 5.46. The first kappa shape index (κ1) is 17.3. The molecule has 0 fully saturated rings. The summed E-state index contributed by atoms with van der Waals surface area (Å²) in [5.41, 5.74) is 1.70. The van der Waals surface area contributed by atoms with E-state index in [0.717, 1.165) is 21.3 Å². The van der Waals surface area contributed by atoms with Crippen LogP contribution in [0.25, 0.3) is 21.3 Å². The third-order valence-electron chi connectivity index (χ3n) is 3.54. The number of halogens is 1. The Morgan fingerprint density at radius 1 is 1.28 bits per heavy atom. The lowest BCUT2D eigenvalue weighted by atomic mass is 10.1. The number of thiophene rings is 1. The molecular formula is C18H18FN3O2S. The normalized spacial score (nSPS) is 11.0. The van der Waals surface area contributed by atoms with Crippen LogP contribution in [-0.2, 0) is 4.79 Å². The number of rotatable bonds is 6. The molecule has 1 amide bonds. The first-order chi connectivity index (χ1) is 12.0. The van der Waals surface area contributed by atoms with Crippen molar-refractivity contribution in [2.24, 2.45) is 5.92 Å². The van der Waals surface area contributed by atoms with Gasteiger partial charge in [-0.3, -0.25) is 4.79 Å². The maximum Gasteiger partial charge on any atom is 0.258 e. The molecular weight excluding hydrogens is 341 g/mol. The van der Waals surface area contributed by atoms with Gasteiger partial charge in [0.25, 0.3) is 5.91 Å². The van der Waals surface area contributed by atoms with Gasteiger partial charge in [-0.2, -0.15) is 0 Å². The second-order valence-electron chi connectivity index (χ2n) is 6.00. The fourth-order valence-corrected chi connectivity index (χ4v) is 3.21. The van der Waals surface area contributed by atoms with Crippen molar-refractivity contribution in [3.8, 4) is 17.0 Å². The van der Waals surface area contributed by atoms with Crippen molar-refractivity contribution in [2.45, 2.75) is 13.8 Å². The number of benzene rings is 1. The Bertz CT molecular complexity index is 878. The van der Waals surface area contributed by atoms with Gasteiger partial charge in [0.15, 0.2) is 6.61 Å². The fourth-order valence-electron chi connectivity index (χ4n) is 2.30. The molecule has 5 nitrogen and oxygen atoms in total. The van der Waals surface area contributed by atoms with E-state index in [-0.39, 0.29) is 18.3 Å². The third-order valence-corrected chi connectivity index (χ3v) is 4.42. The summed E-state index contributed by atoms with van der Waals surface area (Å²) >= 11 is 1.45. The van der Waals surface area contributed by atoms with Gasteiger partial charge in [-0.1, -0.05) is 26.0 Å². The Balaban J connectivity index is 1.85. The molecule has 0 aliphatic rings. The van der Waals surface area contributed by atoms with E-state index in [1.165, 1.54) is 29.8 Å². The molecule has 0 bridgehead atoms. The number of hydrogen-bond donors (Lipinski definition) is 1. The van der Waals surface area contributed by atoms with Crippen LogP contribution in [0.4, 0.5) is 4.39 Å². The number of ether oxygens (including phenoxy) is 1. The standard InChI is InChI=1S/C18H18FN3O2S/c1-11(2)7-20-15(23)8-24-17-16-14(9-25-18(16)22-10-21-17)12-3-5-13(19)6-4-12/h3-6,9-11H,7-8H2,1-2H3,(H,20,23). The van der Waals surface area contributed by atoms with Crippen molar-refractivity contribution in [2.75, 3.05) is 13.2 Å². The Morgan fingerprint density at radius 3 is 2.76 bits per heavy atom. The van der Waals surface area contributed by atoms with Gasteiger partial charge < -0.3 is 10.1 Å². The lowest BCUT2D eigenvalue weighted by Gasteiger charge is -2.10. The highest BCUT2D eigenvalue weighted by Crippen LogP contribution is 2.37. The molecule has 0 saturated carbocycles. The monoisotopic (exact) mass is 359 g/mol. The van der Waals surface area contributed by atoms with E-state index in [9.17, 15) is 9.18 Å². The van der Waals surface area contributed by atoms with Crippen molar-refractivity contribution in [3.05, 3.63) is 41.8 Å². The van der Waals surface area contributed by atoms with E-state index in [2.05, 4.69) is 15.3 Å². The second kappa shape index (κ2) is 7.57. The van der Waals surface area contributed by atoms with Crippen LogP contribution < -0.4 is 10.1 Å². The van der Waals surface area contributed by atoms with Gasteiger partial charge in [-0.25, -0.2) is 14.4 Å². The zero-order valence-electron chi connectivity index (χ0n) is 14.0. The number of amides is 1. The summed E-state index contributed by atoms with van der Waals surface area (Å²) in [7, 11) is 0. The van der Waals surface area contributed by atoms with Crippen molar-refractivity contribution >= 4 is 27.5 Å². The molecule has 0 spiro atoms. The van der Waals surface area contributed by atoms with Gasteiger partial charge >= 0.3 is 0 Å². The SMILES string of the molecule is CC(C)CNC(=O)COc1ncnc2scc(-c3ccc(F)cc3)c12. The predicted octanol–water partition coefficient (Wildman–Crippen LogP) is 3.65. The number of aromatic nitrogens is 2. The zero-order chi connectivity index (χ0) is 17.8. The molecule has 0 unspecified atom stereocenters. The molecule has 130 valence electrons. The minimum atomic E-state index is -0.294. The molecule has 7 heteroatoms. The maximum absolute atomic E-state index is 13.2. The summed E-state index contributed by atoms with van der Waals surface area (Å²) < 4.78 is 18.8. The van der Waals surface area contributed by atoms with Crippen molar-refractivity contribution < 1.29 is 13.9 Å². The van der Waals surface area contributed by atoms with E-state index in [4.69, 9.17) is 4.74 Å². The summed E-state index contributed by atoms with van der Waals surface area (Å²) in [6.45, 7) is 4.53. The summed E-state index contributed by atoms with van der Waals surface area (Å²) in [6.07, 6.45) is 1.41. The molecule has 0 aliphatic heterocycles. The van der Waals surface area contributed by atoms with E-state index in [0.29, 0.717) is 18.3 Å². The Labute approximate surface area is 148 Å². The van der Waals surface area contributed by atoms with Crippen LogP contribution in [0.3, 0.4) is 0 Å². The first-order valence-corrected chi connectivity index (χ1v) is 8.80. The third kappa shape index (κ3) is 4.11. The van der Waals surface area contributed by atoms with Crippen LogP contribution in [0.2, 0.25) is 0 Å². The van der Waals surface area contributed by atoms with Crippen molar-refractivity contribution in [1.29, 1.82) is 0 Å². The van der Waals surface area contributed by atoms with Gasteiger partial charge in [0, 0.05) is 17.5 Å². The minimum absolute atomic E-state index is 0.114. The maximum atomic E-state index is 13.2. The summed E-state index contributed by atoms with van der Waals surface area (Å²) in [5.74, 6) is 0.235. The summed E-state index contributed by atoms with van der Waals surface area (Å²) in [4.78, 5) is 21.0. The Morgan fingerprint density at radius 2 is 2.04 bits per heavy atom. The highest BCUT2D eigenvalue weighted by molar-refractivity contribution is 7.17. The zero-order valence-corrected chi connectivity index (χ0v) is 14.8. The smallest absolute Gasteiger partial charge is 0.258 e. The lowest BCUT2D eigenvalue weighted by Crippen LogP contribution is -2.31. The number of carbonyl (C=O) groups excluding carboxylic acids is 1. The predicted molar refractivity (Wildman–Crippen MR) is 96.2 cm³/mol. The van der Waals surface area contributed by atoms with E-state index < -0.39 is 0 Å². The van der Waals surface area contributed by atoms with Gasteiger partial charge in [0.05, 0.1) is 5.39 Å². The number of nitrogens with zero attached hydrogens (tertiary/aromatic N) is 2. The minimum Gasteiger partial charge on any atom is -0.467 e. The highest BCUT2D eigenvalue weighted by Gasteiger charge is 2.15. The van der Waals surface area contributed by atoms with Crippen LogP contribution in [0.5, 0.6) is 5.88 Å². The summed E-state index contributed by atoms with van der Waals surface area (Å²) in [6, 6.07) is 6.21. The first-order valence-electron chi connectivity index (χ1n) is 7.92. The van der Waals surface area contributed by atoms with Crippen LogP contribution in [0.15, 0.2) is 36.0 Å². The van der Waals surface area contributed by atoms with Crippen molar-refractivity contribution in [1.82, 2.24) is 15.3 Å². The quantitative estimate of drug-likeness (QED) is 0.730. The molecule has 0 radical (unpaired) electrons. The molecule has 2 heterocycles. The highest BCUT2D eigenvalue weighted by atomic mass is 32.1. The number of nitrogens with one attached hydrogen (secondary N) is 1. The Kier molecular flexibility index (Phi) is 5.23. The molecule has 1 N–H and O–H groups in total. The number of hydrogen-bond acceptors (Lipinski definition) is 5. The molecule has 0 atom stereocenters. The molecule has 3 aromatic rings. The lowest BCUT2D eigenvalue weighted by molar-refractivity contribution is -0.123. The van der Waals surface area contributed by atoms with Gasteiger partial charge in [0.1, 0.15) is 17.0 Å². The van der Waals surface area contributed by atoms with Crippen LogP contribution in [-0.4, -0.2) is 29.0 Å². The molecule has 0 saturated heterocycles. The number of fused-ring (bicyclic) bond motifs is 1. The van der Waals surface area contributed by atoms with Gasteiger partial charge in [-0.15, -0.1) is 11.3 Å². The van der Waals surface area contributed by atoms with Crippen LogP contribution in [0, 0.1) is 11.7 Å². The van der Waals surface area contributed by atoms with E-state index >= 15 is 0 Å². The van der Waals surface area contributed by atoms with Gasteiger partial charge in [-0.05, 0) is 23.6 Å². The van der Waals surface area contributed by atoms with E-state index in [1.807, 2.05) is 19.2 Å². The molecule has 25 heavy (non-hydrogen) atoms. The van der Waals surface area contributed by atoms with Crippen molar-refractivity contribution in [3.63, 3.8) is 0 Å². The Hall–Kier alpha value is -2.54.